The van der Waals surface area contributed by atoms with Crippen LogP contribution in [0.15, 0.2) is 35.1 Å². The molecule has 0 saturated heterocycles. The van der Waals surface area contributed by atoms with Gasteiger partial charge in [-0.1, -0.05) is 13.3 Å². The number of hydrogen-bond acceptors (Lipinski definition) is 5. The Bertz CT molecular complexity index is 817. The molecule has 0 aliphatic heterocycles. The maximum atomic E-state index is 12.1. The molecule has 0 fully saturated rings. The first-order valence-corrected chi connectivity index (χ1v) is 9.16. The van der Waals surface area contributed by atoms with Crippen molar-refractivity contribution >= 4 is 5.91 Å². The van der Waals surface area contributed by atoms with Crippen molar-refractivity contribution in [3.8, 4) is 22.8 Å². The normalized spacial score (nSPS) is 10.5. The van der Waals surface area contributed by atoms with Crippen LogP contribution >= 0.6 is 0 Å². The van der Waals surface area contributed by atoms with E-state index >= 15 is 0 Å². The number of hydrogen-bond donors (Lipinski definition) is 1. The Morgan fingerprint density at radius 2 is 1.89 bits per heavy atom. The summed E-state index contributed by atoms with van der Waals surface area (Å²) in [5.41, 5.74) is 1.28. The predicted molar refractivity (Wildman–Crippen MR) is 104 cm³/mol. The van der Waals surface area contributed by atoms with Gasteiger partial charge in [-0.15, -0.1) is 0 Å². The number of nitrogens with zero attached hydrogens (tertiary/aromatic N) is 2. The number of ether oxygens (including phenoxy) is 2. The third kappa shape index (κ3) is 5.84. The predicted octanol–water partition coefficient (Wildman–Crippen LogP) is 2.62. The second-order valence-electron chi connectivity index (χ2n) is 6.16. The van der Waals surface area contributed by atoms with E-state index in [0.717, 1.165) is 18.4 Å². The molecule has 0 aliphatic carbocycles. The lowest BCUT2D eigenvalue weighted by Crippen LogP contribution is -2.26. The van der Waals surface area contributed by atoms with Gasteiger partial charge >= 0.3 is 0 Å². The molecule has 0 unspecified atom stereocenters. The fraction of sp³-hybridized carbons (Fsp3) is 0.450. The average molecular weight is 373 g/mol. The van der Waals surface area contributed by atoms with Crippen LogP contribution in [0.3, 0.4) is 0 Å². The zero-order chi connectivity index (χ0) is 19.6. The van der Waals surface area contributed by atoms with Crippen molar-refractivity contribution in [3.63, 3.8) is 0 Å². The molecule has 0 saturated carbocycles. The highest BCUT2D eigenvalue weighted by molar-refractivity contribution is 5.75. The zero-order valence-electron chi connectivity index (χ0n) is 16.2. The molecule has 1 aromatic heterocycles. The lowest BCUT2D eigenvalue weighted by molar-refractivity contribution is -0.121. The van der Waals surface area contributed by atoms with Crippen LogP contribution in [0.2, 0.25) is 0 Å². The molecule has 27 heavy (non-hydrogen) atoms. The summed E-state index contributed by atoms with van der Waals surface area (Å²) >= 11 is 0. The van der Waals surface area contributed by atoms with Crippen LogP contribution < -0.4 is 20.3 Å². The van der Waals surface area contributed by atoms with E-state index < -0.39 is 0 Å². The number of nitrogens with one attached hydrogen (secondary N) is 1. The SMILES string of the molecule is CCCCNC(=O)CCCn1nc(-c2ccc(OC)c(OC)c2)ccc1=O. The second-order valence-corrected chi connectivity index (χ2v) is 6.16. The molecule has 0 atom stereocenters. The minimum absolute atomic E-state index is 0.00699. The summed E-state index contributed by atoms with van der Waals surface area (Å²) < 4.78 is 12.0. The van der Waals surface area contributed by atoms with Crippen molar-refractivity contribution < 1.29 is 14.3 Å². The first kappa shape index (κ1) is 20.5. The number of benzene rings is 1. The molecular weight excluding hydrogens is 346 g/mol. The molecule has 1 aromatic carbocycles. The Balaban J connectivity index is 2.06. The minimum atomic E-state index is -0.189. The Kier molecular flexibility index (Phi) is 7.85. The highest BCUT2D eigenvalue weighted by Crippen LogP contribution is 2.31. The highest BCUT2D eigenvalue weighted by atomic mass is 16.5. The summed E-state index contributed by atoms with van der Waals surface area (Å²) in [6, 6.07) is 8.64. The van der Waals surface area contributed by atoms with Gasteiger partial charge in [0.15, 0.2) is 11.5 Å². The summed E-state index contributed by atoms with van der Waals surface area (Å²) in [5, 5.41) is 7.29. The van der Waals surface area contributed by atoms with Crippen LogP contribution in [-0.4, -0.2) is 36.5 Å². The summed E-state index contributed by atoms with van der Waals surface area (Å²) in [7, 11) is 3.15. The van der Waals surface area contributed by atoms with Gasteiger partial charge in [-0.25, -0.2) is 4.68 Å². The number of aromatic nitrogens is 2. The quantitative estimate of drug-likeness (QED) is 0.648. The monoisotopic (exact) mass is 373 g/mol. The van der Waals surface area contributed by atoms with Gasteiger partial charge < -0.3 is 14.8 Å². The molecule has 0 spiro atoms. The molecule has 2 aromatic rings. The summed E-state index contributed by atoms with van der Waals surface area (Å²) in [6.07, 6.45) is 2.95. The number of carbonyl (C=O) groups excluding carboxylic acids is 1. The van der Waals surface area contributed by atoms with Crippen LogP contribution in [0.5, 0.6) is 11.5 Å². The maximum absolute atomic E-state index is 12.1. The molecule has 146 valence electrons. The Hall–Kier alpha value is -2.83. The van der Waals surface area contributed by atoms with E-state index in [-0.39, 0.29) is 11.5 Å². The van der Waals surface area contributed by atoms with E-state index in [9.17, 15) is 9.59 Å². The summed E-state index contributed by atoms with van der Waals surface area (Å²) in [5.74, 6) is 1.23. The first-order valence-electron chi connectivity index (χ1n) is 9.16. The molecule has 1 amide bonds. The Morgan fingerprint density at radius 3 is 2.59 bits per heavy atom. The zero-order valence-corrected chi connectivity index (χ0v) is 16.2. The molecule has 0 aliphatic rings. The number of amides is 1. The van der Waals surface area contributed by atoms with E-state index in [0.29, 0.717) is 43.1 Å². The van der Waals surface area contributed by atoms with E-state index in [1.165, 1.54) is 10.7 Å². The van der Waals surface area contributed by atoms with Gasteiger partial charge in [-0.05, 0) is 37.1 Å². The lowest BCUT2D eigenvalue weighted by Gasteiger charge is -2.11. The van der Waals surface area contributed by atoms with Crippen LogP contribution in [-0.2, 0) is 11.3 Å². The number of rotatable bonds is 10. The van der Waals surface area contributed by atoms with Crippen molar-refractivity contribution in [3.05, 3.63) is 40.7 Å². The first-order chi connectivity index (χ1) is 13.1. The number of methoxy groups -OCH3 is 2. The molecule has 7 nitrogen and oxygen atoms in total. The highest BCUT2D eigenvalue weighted by Gasteiger charge is 2.09. The Labute approximate surface area is 159 Å². The molecule has 2 rings (SSSR count). The molecule has 1 N–H and O–H groups in total. The summed E-state index contributed by atoms with van der Waals surface area (Å²) in [4.78, 5) is 23.8. The van der Waals surface area contributed by atoms with Crippen molar-refractivity contribution in [1.29, 1.82) is 0 Å². The fourth-order valence-electron chi connectivity index (χ4n) is 2.64. The van der Waals surface area contributed by atoms with Gasteiger partial charge in [0.25, 0.3) is 5.56 Å². The van der Waals surface area contributed by atoms with Gasteiger partial charge in [-0.3, -0.25) is 9.59 Å². The smallest absolute Gasteiger partial charge is 0.266 e. The largest absolute Gasteiger partial charge is 0.493 e. The molecule has 1 heterocycles. The van der Waals surface area contributed by atoms with Gasteiger partial charge in [-0.2, -0.15) is 5.10 Å². The van der Waals surface area contributed by atoms with Crippen LogP contribution in [0.4, 0.5) is 0 Å². The van der Waals surface area contributed by atoms with Crippen LogP contribution in [0, 0.1) is 0 Å². The number of carbonyl (C=O) groups is 1. The van der Waals surface area contributed by atoms with Crippen molar-refractivity contribution in [2.75, 3.05) is 20.8 Å². The molecular formula is C20H27N3O4. The van der Waals surface area contributed by atoms with Gasteiger partial charge in [0.1, 0.15) is 0 Å². The molecule has 0 bridgehead atoms. The summed E-state index contributed by atoms with van der Waals surface area (Å²) in [6.45, 7) is 3.17. The van der Waals surface area contributed by atoms with Gasteiger partial charge in [0.2, 0.25) is 5.91 Å². The van der Waals surface area contributed by atoms with E-state index in [4.69, 9.17) is 9.47 Å². The maximum Gasteiger partial charge on any atom is 0.266 e. The van der Waals surface area contributed by atoms with Gasteiger partial charge in [0.05, 0.1) is 19.9 Å². The topological polar surface area (TPSA) is 82.5 Å². The van der Waals surface area contributed by atoms with Gasteiger partial charge in [0, 0.05) is 31.1 Å². The van der Waals surface area contributed by atoms with Crippen molar-refractivity contribution in [2.45, 2.75) is 39.2 Å². The van der Waals surface area contributed by atoms with Crippen molar-refractivity contribution in [1.82, 2.24) is 15.1 Å². The Morgan fingerprint density at radius 1 is 1.11 bits per heavy atom. The minimum Gasteiger partial charge on any atom is -0.493 e. The third-order valence-corrected chi connectivity index (χ3v) is 4.17. The van der Waals surface area contributed by atoms with Crippen LogP contribution in [0.25, 0.3) is 11.3 Å². The fourth-order valence-corrected chi connectivity index (χ4v) is 2.64. The number of aryl methyl sites for hydroxylation is 1. The standard InChI is InChI=1S/C20H27N3O4/c1-4-5-12-21-19(24)7-6-13-23-20(25)11-9-16(22-23)15-8-10-17(26-2)18(14-15)27-3/h8-11,14H,4-7,12-13H2,1-3H3,(H,21,24). The molecule has 0 radical (unpaired) electrons. The lowest BCUT2D eigenvalue weighted by atomic mass is 10.1. The molecule has 7 heteroatoms. The van der Waals surface area contributed by atoms with Crippen LogP contribution in [0.1, 0.15) is 32.6 Å². The van der Waals surface area contributed by atoms with E-state index in [2.05, 4.69) is 17.3 Å². The average Bonchev–Trinajstić information content (AvgIpc) is 2.69. The van der Waals surface area contributed by atoms with E-state index in [1.54, 1.807) is 26.4 Å². The van der Waals surface area contributed by atoms with E-state index in [1.807, 2.05) is 12.1 Å². The third-order valence-electron chi connectivity index (χ3n) is 4.17. The number of unbranched alkanes of at least 4 members (excludes halogenated alkanes) is 1. The van der Waals surface area contributed by atoms with Crippen molar-refractivity contribution in [2.24, 2.45) is 0 Å². The second kappa shape index (κ2) is 10.4.